The van der Waals surface area contributed by atoms with E-state index in [9.17, 15) is 9.59 Å². The van der Waals surface area contributed by atoms with Crippen LogP contribution < -0.4 is 16.4 Å². The highest BCUT2D eigenvalue weighted by molar-refractivity contribution is 6.04. The largest absolute Gasteiger partial charge is 0.354 e. The monoisotopic (exact) mass is 472 g/mol. The number of aryl methyl sites for hydroxylation is 1. The van der Waals surface area contributed by atoms with Gasteiger partial charge in [-0.25, -0.2) is 0 Å². The van der Waals surface area contributed by atoms with E-state index in [2.05, 4.69) is 21.7 Å². The Hall–Kier alpha value is -2.93. The molecule has 1 aliphatic carbocycles. The third-order valence-corrected chi connectivity index (χ3v) is 5.48. The Morgan fingerprint density at radius 3 is 2.41 bits per heavy atom. The Bertz CT molecular complexity index is 1050. The molecule has 32 heavy (non-hydrogen) atoms. The summed E-state index contributed by atoms with van der Waals surface area (Å²) in [5, 5.41) is 5.80. The molecule has 0 saturated heterocycles. The van der Waals surface area contributed by atoms with Crippen LogP contribution >= 0.6 is 24.8 Å². The molecular weight excluding hydrogens is 447 g/mol. The van der Waals surface area contributed by atoms with E-state index in [0.29, 0.717) is 17.8 Å². The zero-order valence-electron chi connectivity index (χ0n) is 17.4. The molecule has 0 unspecified atom stereocenters. The molecule has 8 heteroatoms. The Labute approximate surface area is 199 Å². The molecule has 4 N–H and O–H groups in total. The lowest BCUT2D eigenvalue weighted by Crippen LogP contribution is -2.34. The number of halogens is 2. The van der Waals surface area contributed by atoms with Gasteiger partial charge in [-0.2, -0.15) is 0 Å². The van der Waals surface area contributed by atoms with Gasteiger partial charge in [0.05, 0.1) is 5.92 Å². The molecular formula is C24H26Cl2N4O2. The quantitative estimate of drug-likeness (QED) is 0.504. The number of nitrogens with zero attached hydrogens (tertiary/aromatic N) is 1. The minimum Gasteiger partial charge on any atom is -0.354 e. The average Bonchev–Trinajstić information content (AvgIpc) is 3.22. The molecule has 168 valence electrons. The van der Waals surface area contributed by atoms with Gasteiger partial charge >= 0.3 is 0 Å². The lowest BCUT2D eigenvalue weighted by atomic mass is 10.00. The summed E-state index contributed by atoms with van der Waals surface area (Å²) >= 11 is 0. The highest BCUT2D eigenvalue weighted by Crippen LogP contribution is 2.32. The van der Waals surface area contributed by atoms with Gasteiger partial charge in [0.1, 0.15) is 0 Å². The second-order valence-electron chi connectivity index (χ2n) is 7.45. The molecule has 1 aromatic heterocycles. The Balaban J connectivity index is 0.00000181. The summed E-state index contributed by atoms with van der Waals surface area (Å²) in [7, 11) is 0. The van der Waals surface area contributed by atoms with Gasteiger partial charge in [0.25, 0.3) is 5.91 Å². The summed E-state index contributed by atoms with van der Waals surface area (Å²) in [4.78, 5) is 28.9. The fraction of sp³-hybridized carbons (Fsp3) is 0.208. The second-order valence-corrected chi connectivity index (χ2v) is 7.45. The van der Waals surface area contributed by atoms with Crippen LogP contribution in [0.25, 0.3) is 0 Å². The number of nitrogens with two attached hydrogens (primary N) is 1. The van der Waals surface area contributed by atoms with Crippen molar-refractivity contribution in [3.8, 4) is 0 Å². The summed E-state index contributed by atoms with van der Waals surface area (Å²) in [6.45, 7) is 0.347. The molecule has 0 saturated carbocycles. The Morgan fingerprint density at radius 1 is 1.00 bits per heavy atom. The van der Waals surface area contributed by atoms with Gasteiger partial charge in [-0.1, -0.05) is 36.4 Å². The first kappa shape index (κ1) is 25.3. The van der Waals surface area contributed by atoms with Gasteiger partial charge in [0.15, 0.2) is 0 Å². The van der Waals surface area contributed by atoms with Crippen LogP contribution in [-0.4, -0.2) is 23.3 Å². The van der Waals surface area contributed by atoms with Gasteiger partial charge in [0.2, 0.25) is 5.91 Å². The van der Waals surface area contributed by atoms with Crippen molar-refractivity contribution in [2.45, 2.75) is 24.8 Å². The number of benzene rings is 2. The Kier molecular flexibility index (Phi) is 9.20. The molecule has 2 atom stereocenters. The number of pyridine rings is 1. The van der Waals surface area contributed by atoms with E-state index in [1.165, 1.54) is 5.56 Å². The topological polar surface area (TPSA) is 97.1 Å². The number of nitrogens with one attached hydrogen (secondary N) is 2. The first-order valence-electron chi connectivity index (χ1n) is 10.0. The summed E-state index contributed by atoms with van der Waals surface area (Å²) in [6.07, 6.45) is 5.01. The van der Waals surface area contributed by atoms with Crippen molar-refractivity contribution < 1.29 is 9.59 Å². The fourth-order valence-corrected chi connectivity index (χ4v) is 3.80. The number of carbonyl (C=O) groups excluding carboxylic acids is 2. The second kappa shape index (κ2) is 11.6. The fourth-order valence-electron chi connectivity index (χ4n) is 3.80. The summed E-state index contributed by atoms with van der Waals surface area (Å²) in [5.41, 5.74) is 10.7. The molecule has 0 spiro atoms. The number of hydrogen-bond acceptors (Lipinski definition) is 4. The first-order valence-corrected chi connectivity index (χ1v) is 10.0. The van der Waals surface area contributed by atoms with E-state index in [0.717, 1.165) is 24.0 Å². The third kappa shape index (κ3) is 5.85. The number of anilines is 1. The number of hydrogen-bond donors (Lipinski definition) is 3. The van der Waals surface area contributed by atoms with Crippen LogP contribution in [0.1, 0.15) is 45.4 Å². The van der Waals surface area contributed by atoms with Gasteiger partial charge in [-0.3, -0.25) is 14.6 Å². The summed E-state index contributed by atoms with van der Waals surface area (Å²) in [5.74, 6) is -0.286. The maximum Gasteiger partial charge on any atom is 0.255 e. The number of fused-ring (bicyclic) bond motifs is 1. The van der Waals surface area contributed by atoms with Crippen LogP contribution in [0.2, 0.25) is 0 Å². The maximum atomic E-state index is 12.6. The van der Waals surface area contributed by atoms with Crippen molar-refractivity contribution >= 4 is 42.3 Å². The molecule has 2 aromatic carbocycles. The maximum absolute atomic E-state index is 12.6. The molecule has 3 aromatic rings. The van der Waals surface area contributed by atoms with Crippen LogP contribution in [0.5, 0.6) is 0 Å². The Morgan fingerprint density at radius 2 is 1.69 bits per heavy atom. The molecule has 6 nitrogen and oxygen atoms in total. The molecule has 0 aliphatic heterocycles. The van der Waals surface area contributed by atoms with E-state index >= 15 is 0 Å². The van der Waals surface area contributed by atoms with E-state index in [4.69, 9.17) is 5.73 Å². The lowest BCUT2D eigenvalue weighted by Gasteiger charge is -2.17. The molecule has 0 bridgehead atoms. The van der Waals surface area contributed by atoms with Crippen molar-refractivity contribution in [1.82, 2.24) is 10.3 Å². The van der Waals surface area contributed by atoms with Crippen LogP contribution in [0, 0.1) is 0 Å². The van der Waals surface area contributed by atoms with Crippen molar-refractivity contribution in [2.75, 3.05) is 11.9 Å². The number of amides is 2. The molecule has 1 heterocycles. The van der Waals surface area contributed by atoms with Gasteiger partial charge in [-0.05, 0) is 53.8 Å². The average molecular weight is 473 g/mol. The van der Waals surface area contributed by atoms with Crippen molar-refractivity contribution in [3.63, 3.8) is 0 Å². The van der Waals surface area contributed by atoms with Gasteiger partial charge in [-0.15, -0.1) is 24.8 Å². The number of carbonyl (C=O) groups is 2. The lowest BCUT2D eigenvalue weighted by molar-refractivity contribution is -0.122. The highest BCUT2D eigenvalue weighted by Gasteiger charge is 2.28. The smallest absolute Gasteiger partial charge is 0.255 e. The molecule has 1 aliphatic rings. The van der Waals surface area contributed by atoms with Gasteiger partial charge in [0, 0.05) is 36.2 Å². The predicted octanol–water partition coefficient (Wildman–Crippen LogP) is 4.02. The molecule has 4 rings (SSSR count). The molecule has 0 radical (unpaired) electrons. The number of rotatable bonds is 6. The van der Waals surface area contributed by atoms with Crippen molar-refractivity contribution in [3.05, 3.63) is 95.3 Å². The highest BCUT2D eigenvalue weighted by atomic mass is 35.5. The summed E-state index contributed by atoms with van der Waals surface area (Å²) < 4.78 is 0. The zero-order valence-corrected chi connectivity index (χ0v) is 19.0. The van der Waals surface area contributed by atoms with Gasteiger partial charge < -0.3 is 16.4 Å². The SMILES string of the molecule is Cl.Cl.N[C@@H](CNC(=O)[C@@H]1CCc2ccccc21)c1ccc(C(=O)Nc2ccncc2)cc1. The third-order valence-electron chi connectivity index (χ3n) is 5.48. The van der Waals surface area contributed by atoms with E-state index < -0.39 is 0 Å². The van der Waals surface area contributed by atoms with Crippen LogP contribution in [0.4, 0.5) is 5.69 Å². The minimum atomic E-state index is -0.345. The van der Waals surface area contributed by atoms with Crippen LogP contribution in [0.15, 0.2) is 73.1 Å². The van der Waals surface area contributed by atoms with Crippen molar-refractivity contribution in [1.29, 1.82) is 0 Å². The van der Waals surface area contributed by atoms with E-state index in [1.54, 1.807) is 36.7 Å². The van der Waals surface area contributed by atoms with E-state index in [-0.39, 0.29) is 48.6 Å². The van der Waals surface area contributed by atoms with Crippen molar-refractivity contribution in [2.24, 2.45) is 5.73 Å². The summed E-state index contributed by atoms with van der Waals surface area (Å²) in [6, 6.07) is 18.3. The molecule has 0 fully saturated rings. The molecule has 2 amide bonds. The zero-order chi connectivity index (χ0) is 20.9. The van der Waals surface area contributed by atoms with E-state index in [1.807, 2.05) is 30.3 Å². The van der Waals surface area contributed by atoms with Crippen LogP contribution in [-0.2, 0) is 11.2 Å². The standard InChI is InChI=1S/C24H24N4O2.2ClH/c25-22(15-27-24(30)21-10-9-16-3-1-2-4-20(16)21)17-5-7-18(8-6-17)23(29)28-19-11-13-26-14-12-19;;/h1-8,11-14,21-22H,9-10,15,25H2,(H,27,30)(H,26,28,29);2*1H/t21-,22+;;/m1../s1. The minimum absolute atomic E-state index is 0. The predicted molar refractivity (Wildman–Crippen MR) is 131 cm³/mol. The first-order chi connectivity index (χ1) is 14.6. The normalized spacial score (nSPS) is 14.8. The number of aromatic nitrogens is 1. The van der Waals surface area contributed by atoms with Crippen LogP contribution in [0.3, 0.4) is 0 Å².